The molecule has 1 aliphatic rings. The van der Waals surface area contributed by atoms with E-state index in [1.807, 2.05) is 30.3 Å². The van der Waals surface area contributed by atoms with Gasteiger partial charge in [-0.05, 0) is 11.6 Å². The number of hydrogen-bond acceptors (Lipinski definition) is 5. The van der Waals surface area contributed by atoms with E-state index in [9.17, 15) is 9.90 Å². The summed E-state index contributed by atoms with van der Waals surface area (Å²) < 4.78 is 16.2. The molecule has 118 valence electrons. The van der Waals surface area contributed by atoms with Crippen molar-refractivity contribution in [2.45, 2.75) is 13.2 Å². The molecule has 5 nitrogen and oxygen atoms in total. The van der Waals surface area contributed by atoms with Crippen molar-refractivity contribution in [2.75, 3.05) is 7.11 Å². The Kier molecular flexibility index (Phi) is 3.93. The van der Waals surface area contributed by atoms with Gasteiger partial charge in [0, 0.05) is 13.0 Å². The van der Waals surface area contributed by atoms with Gasteiger partial charge in [0.1, 0.15) is 11.3 Å². The highest BCUT2D eigenvalue weighted by atomic mass is 16.7. The molecule has 23 heavy (non-hydrogen) atoms. The van der Waals surface area contributed by atoms with Crippen LogP contribution in [0.3, 0.4) is 0 Å². The van der Waals surface area contributed by atoms with Crippen LogP contribution in [0.4, 0.5) is 0 Å². The van der Waals surface area contributed by atoms with E-state index in [1.54, 1.807) is 13.0 Å². The smallest absolute Gasteiger partial charge is 0.239 e. The molecule has 3 rings (SSSR count). The van der Waals surface area contributed by atoms with Gasteiger partial charge in [0.05, 0.1) is 7.11 Å². The molecule has 2 aromatic rings. The maximum Gasteiger partial charge on any atom is 0.239 e. The first-order valence-corrected chi connectivity index (χ1v) is 7.15. The van der Waals surface area contributed by atoms with Crippen LogP contribution in [0.5, 0.6) is 23.0 Å². The Morgan fingerprint density at radius 2 is 1.91 bits per heavy atom. The fraction of sp³-hybridized carbons (Fsp3) is 0.167. The molecular weight excluding hydrogens is 296 g/mol. The maximum absolute atomic E-state index is 12.5. The Morgan fingerprint density at radius 1 is 1.22 bits per heavy atom. The van der Waals surface area contributed by atoms with Crippen LogP contribution in [-0.2, 0) is 0 Å². The Morgan fingerprint density at radius 3 is 2.61 bits per heavy atom. The van der Waals surface area contributed by atoms with Crippen LogP contribution in [0.1, 0.15) is 22.8 Å². The summed E-state index contributed by atoms with van der Waals surface area (Å²) in [6.07, 6.45) is 2.52. The number of ether oxygens (including phenoxy) is 3. The summed E-state index contributed by atoms with van der Waals surface area (Å²) in [4.78, 5) is 12.5. The van der Waals surface area contributed by atoms with Crippen LogP contribution in [0.25, 0.3) is 6.08 Å². The molecule has 5 heteroatoms. The summed E-state index contributed by atoms with van der Waals surface area (Å²) in [5.41, 5.74) is 0.952. The number of phenols is 1. The van der Waals surface area contributed by atoms with E-state index in [4.69, 9.17) is 14.2 Å². The van der Waals surface area contributed by atoms with Crippen molar-refractivity contribution in [3.63, 3.8) is 0 Å². The molecule has 0 amide bonds. The number of phenolic OH excluding ortho intramolecular Hbond substituents is 1. The Labute approximate surface area is 133 Å². The number of aromatic hydroxyl groups is 1. The molecule has 0 radical (unpaired) electrons. The maximum atomic E-state index is 12.5. The van der Waals surface area contributed by atoms with E-state index in [-0.39, 0.29) is 22.8 Å². The number of ketones is 1. The van der Waals surface area contributed by atoms with E-state index < -0.39 is 6.29 Å². The van der Waals surface area contributed by atoms with Crippen molar-refractivity contribution in [3.8, 4) is 23.0 Å². The number of hydrogen-bond donors (Lipinski definition) is 1. The van der Waals surface area contributed by atoms with Crippen LogP contribution in [-0.4, -0.2) is 24.3 Å². The summed E-state index contributed by atoms with van der Waals surface area (Å²) in [5.74, 6) is 0.278. The summed E-state index contributed by atoms with van der Waals surface area (Å²) in [6.45, 7) is 1.70. The topological polar surface area (TPSA) is 65.0 Å². The van der Waals surface area contributed by atoms with Crippen molar-refractivity contribution < 1.29 is 24.1 Å². The van der Waals surface area contributed by atoms with Gasteiger partial charge in [0.2, 0.25) is 12.0 Å². The van der Waals surface area contributed by atoms with Crippen molar-refractivity contribution in [2.24, 2.45) is 0 Å². The van der Waals surface area contributed by atoms with Gasteiger partial charge in [-0.15, -0.1) is 0 Å². The normalized spacial score (nSPS) is 15.8. The molecule has 1 atom stereocenters. The number of allylic oxidation sites excluding steroid dienone is 1. The van der Waals surface area contributed by atoms with Gasteiger partial charge < -0.3 is 19.3 Å². The monoisotopic (exact) mass is 312 g/mol. The number of methoxy groups -OCH3 is 1. The zero-order valence-corrected chi connectivity index (χ0v) is 12.8. The lowest BCUT2D eigenvalue weighted by Gasteiger charge is -2.09. The lowest BCUT2D eigenvalue weighted by molar-refractivity contribution is 0.0657. The minimum atomic E-state index is -0.551. The Bertz CT molecular complexity index is 765. The van der Waals surface area contributed by atoms with Crippen LogP contribution in [0.15, 0.2) is 42.5 Å². The first kappa shape index (κ1) is 15.0. The van der Waals surface area contributed by atoms with E-state index in [0.717, 1.165) is 5.56 Å². The quantitative estimate of drug-likeness (QED) is 0.692. The van der Waals surface area contributed by atoms with Gasteiger partial charge in [-0.25, -0.2) is 0 Å². The number of benzene rings is 2. The molecule has 2 aromatic carbocycles. The third-order valence-corrected chi connectivity index (χ3v) is 3.44. The number of carbonyl (C=O) groups is 1. The fourth-order valence-electron chi connectivity index (χ4n) is 2.39. The van der Waals surface area contributed by atoms with Crippen LogP contribution >= 0.6 is 0 Å². The Balaban J connectivity index is 1.98. The lowest BCUT2D eigenvalue weighted by Crippen LogP contribution is -2.12. The molecule has 0 aliphatic carbocycles. The van der Waals surface area contributed by atoms with Crippen molar-refractivity contribution in [1.82, 2.24) is 0 Å². The molecule has 1 heterocycles. The minimum absolute atomic E-state index is 0.0670. The minimum Gasteiger partial charge on any atom is -0.507 e. The van der Waals surface area contributed by atoms with E-state index in [1.165, 1.54) is 19.3 Å². The SMILES string of the molecule is COc1cc(O)c(C(=O)C=Cc2ccccc2)c2c1O[C@@H](C)O2. The van der Waals surface area contributed by atoms with Crippen LogP contribution < -0.4 is 14.2 Å². The number of carbonyl (C=O) groups excluding carboxylic acids is 1. The molecule has 0 aromatic heterocycles. The third-order valence-electron chi connectivity index (χ3n) is 3.44. The fourth-order valence-corrected chi connectivity index (χ4v) is 2.39. The molecule has 0 bridgehead atoms. The van der Waals surface area contributed by atoms with Gasteiger partial charge >= 0.3 is 0 Å². The number of rotatable bonds is 4. The van der Waals surface area contributed by atoms with Crippen molar-refractivity contribution in [1.29, 1.82) is 0 Å². The van der Waals surface area contributed by atoms with E-state index >= 15 is 0 Å². The standard InChI is InChI=1S/C18H16O5/c1-11-22-17-15(21-2)10-14(20)16(18(17)23-11)13(19)9-8-12-6-4-3-5-7-12/h3-11,20H,1-2H3/t11-/m1/s1. The molecule has 0 spiro atoms. The molecule has 0 unspecified atom stereocenters. The first-order chi connectivity index (χ1) is 11.1. The molecular formula is C18H16O5. The van der Waals surface area contributed by atoms with Crippen molar-refractivity contribution >= 4 is 11.9 Å². The predicted octanol–water partition coefficient (Wildman–Crippen LogP) is 3.41. The van der Waals surface area contributed by atoms with Crippen LogP contribution in [0.2, 0.25) is 0 Å². The third kappa shape index (κ3) is 2.85. The zero-order valence-electron chi connectivity index (χ0n) is 12.8. The molecule has 0 saturated carbocycles. The number of fused-ring (bicyclic) bond motifs is 1. The molecule has 0 fully saturated rings. The van der Waals surface area contributed by atoms with Crippen molar-refractivity contribution in [3.05, 3.63) is 53.6 Å². The van der Waals surface area contributed by atoms with E-state index in [2.05, 4.69) is 0 Å². The second-order valence-corrected chi connectivity index (χ2v) is 5.04. The zero-order chi connectivity index (χ0) is 16.4. The summed E-state index contributed by atoms with van der Waals surface area (Å²) >= 11 is 0. The highest BCUT2D eigenvalue weighted by Crippen LogP contribution is 2.49. The highest BCUT2D eigenvalue weighted by molar-refractivity contribution is 6.11. The average molecular weight is 312 g/mol. The average Bonchev–Trinajstić information content (AvgIpc) is 2.93. The Hall–Kier alpha value is -2.95. The van der Waals surface area contributed by atoms with Gasteiger partial charge in [0.25, 0.3) is 0 Å². The van der Waals surface area contributed by atoms with Crippen LogP contribution in [0, 0.1) is 0 Å². The second kappa shape index (κ2) is 6.04. The highest BCUT2D eigenvalue weighted by Gasteiger charge is 2.32. The largest absolute Gasteiger partial charge is 0.507 e. The lowest BCUT2D eigenvalue weighted by atomic mass is 10.1. The van der Waals surface area contributed by atoms with Gasteiger partial charge in [0.15, 0.2) is 17.3 Å². The summed E-state index contributed by atoms with van der Waals surface area (Å²) in [5, 5.41) is 10.2. The molecule has 1 N–H and O–H groups in total. The first-order valence-electron chi connectivity index (χ1n) is 7.15. The van der Waals surface area contributed by atoms with E-state index in [0.29, 0.717) is 11.5 Å². The summed E-state index contributed by atoms with van der Waals surface area (Å²) in [7, 11) is 1.46. The molecule has 1 aliphatic heterocycles. The second-order valence-electron chi connectivity index (χ2n) is 5.04. The summed E-state index contributed by atoms with van der Waals surface area (Å²) in [6, 6.07) is 10.8. The van der Waals surface area contributed by atoms with Gasteiger partial charge in [-0.1, -0.05) is 36.4 Å². The van der Waals surface area contributed by atoms with Gasteiger partial charge in [-0.2, -0.15) is 0 Å². The van der Waals surface area contributed by atoms with Gasteiger partial charge in [-0.3, -0.25) is 4.79 Å². The predicted molar refractivity (Wildman–Crippen MR) is 85.2 cm³/mol. The molecule has 0 saturated heterocycles.